The topological polar surface area (TPSA) is 162 Å². The summed E-state index contributed by atoms with van der Waals surface area (Å²) >= 11 is 0. The van der Waals surface area contributed by atoms with Crippen LogP contribution in [0.3, 0.4) is 0 Å². The van der Waals surface area contributed by atoms with Gasteiger partial charge in [0.2, 0.25) is 0 Å². The van der Waals surface area contributed by atoms with Gasteiger partial charge in [0.25, 0.3) is 23.2 Å². The zero-order valence-corrected chi connectivity index (χ0v) is 18.3. The first kappa shape index (κ1) is 23.8. The van der Waals surface area contributed by atoms with Crippen molar-refractivity contribution in [1.29, 1.82) is 0 Å². The van der Waals surface area contributed by atoms with Crippen molar-refractivity contribution in [3.8, 4) is 5.75 Å². The third-order valence-corrected chi connectivity index (χ3v) is 5.14. The molecule has 1 saturated heterocycles. The number of anilines is 1. The fraction of sp³-hybridized carbons (Fsp3) is 0.0417. The van der Waals surface area contributed by atoms with Crippen molar-refractivity contribution in [1.82, 2.24) is 5.32 Å². The minimum absolute atomic E-state index is 0.0248. The molecule has 36 heavy (non-hydrogen) atoms. The molecule has 4 amide bonds. The fourth-order valence-corrected chi connectivity index (χ4v) is 3.35. The smallest absolute Gasteiger partial charge is 0.335 e. The van der Waals surface area contributed by atoms with Gasteiger partial charge in [-0.1, -0.05) is 18.2 Å². The first-order valence-corrected chi connectivity index (χ1v) is 10.3. The average molecular weight is 488 g/mol. The molecule has 12 heteroatoms. The molecule has 0 saturated carbocycles. The van der Waals surface area contributed by atoms with Crippen LogP contribution in [0.5, 0.6) is 5.75 Å². The fourth-order valence-electron chi connectivity index (χ4n) is 3.35. The Morgan fingerprint density at radius 3 is 2.17 bits per heavy atom. The molecule has 0 atom stereocenters. The van der Waals surface area contributed by atoms with Crippen LogP contribution in [-0.2, 0) is 16.2 Å². The lowest BCUT2D eigenvalue weighted by molar-refractivity contribution is -0.385. The molecule has 12 nitrogen and oxygen atoms in total. The number of hydrogen-bond donors (Lipinski definition) is 1. The van der Waals surface area contributed by atoms with Crippen LogP contribution in [0.4, 0.5) is 21.9 Å². The summed E-state index contributed by atoms with van der Waals surface area (Å²) < 4.78 is 5.65. The number of hydrogen-bond acceptors (Lipinski definition) is 8. The van der Waals surface area contributed by atoms with Gasteiger partial charge in [-0.15, -0.1) is 0 Å². The second-order valence-electron chi connectivity index (χ2n) is 7.52. The maximum absolute atomic E-state index is 13.0. The van der Waals surface area contributed by atoms with Gasteiger partial charge in [0.1, 0.15) is 17.9 Å². The number of benzene rings is 3. The Kier molecular flexibility index (Phi) is 6.50. The van der Waals surface area contributed by atoms with Crippen LogP contribution in [0, 0.1) is 20.2 Å². The second-order valence-corrected chi connectivity index (χ2v) is 7.52. The van der Waals surface area contributed by atoms with Crippen molar-refractivity contribution >= 4 is 41.0 Å². The lowest BCUT2D eigenvalue weighted by Gasteiger charge is -2.26. The lowest BCUT2D eigenvalue weighted by atomic mass is 10.1. The van der Waals surface area contributed by atoms with Crippen LogP contribution in [0.15, 0.2) is 78.4 Å². The molecule has 0 bridgehead atoms. The van der Waals surface area contributed by atoms with Crippen molar-refractivity contribution in [3.63, 3.8) is 0 Å². The summed E-state index contributed by atoms with van der Waals surface area (Å²) in [6.45, 7) is 0.166. The molecule has 0 radical (unpaired) electrons. The third-order valence-electron chi connectivity index (χ3n) is 5.14. The minimum Gasteiger partial charge on any atom is -0.489 e. The van der Waals surface area contributed by atoms with E-state index in [1.54, 1.807) is 36.4 Å². The maximum Gasteiger partial charge on any atom is 0.335 e. The summed E-state index contributed by atoms with van der Waals surface area (Å²) in [7, 11) is 0. The molecule has 4 rings (SSSR count). The molecular weight excluding hydrogens is 472 g/mol. The molecule has 0 unspecified atom stereocenters. The highest BCUT2D eigenvalue weighted by molar-refractivity contribution is 6.39. The number of rotatable bonds is 7. The second kappa shape index (κ2) is 9.85. The van der Waals surface area contributed by atoms with Gasteiger partial charge in [-0.2, -0.15) is 0 Å². The Labute approximate surface area is 202 Å². The zero-order valence-electron chi connectivity index (χ0n) is 18.3. The van der Waals surface area contributed by atoms with Crippen LogP contribution < -0.4 is 15.0 Å². The number of ether oxygens (including phenoxy) is 1. The molecule has 180 valence electrons. The number of nitro benzene ring substituents is 2. The minimum atomic E-state index is -1.02. The molecule has 1 heterocycles. The standard InChI is InChI=1S/C24H16N4O8/c29-22-21(23(30)26(24(31)25-22)18-2-1-3-19(13-18)28(34)35)12-15-6-10-20(11-7-15)36-14-16-4-8-17(9-5-16)27(32)33/h1-13H,14H2,(H,25,29,31)/b21-12+. The van der Waals surface area contributed by atoms with E-state index >= 15 is 0 Å². The zero-order chi connectivity index (χ0) is 25.8. The van der Waals surface area contributed by atoms with Crippen molar-refractivity contribution < 1.29 is 29.0 Å². The quantitative estimate of drug-likeness (QED) is 0.227. The number of nitro groups is 2. The Morgan fingerprint density at radius 1 is 0.861 bits per heavy atom. The van der Waals surface area contributed by atoms with E-state index < -0.39 is 27.7 Å². The van der Waals surface area contributed by atoms with Crippen LogP contribution in [0.2, 0.25) is 0 Å². The SMILES string of the molecule is O=C1NC(=O)N(c2cccc([N+](=O)[O-])c2)C(=O)/C1=C/c1ccc(OCc2ccc([N+](=O)[O-])cc2)cc1. The number of nitrogens with one attached hydrogen (secondary N) is 1. The number of imide groups is 2. The molecule has 0 aromatic heterocycles. The summed E-state index contributed by atoms with van der Waals surface area (Å²) in [5, 5.41) is 23.8. The number of barbiturate groups is 1. The lowest BCUT2D eigenvalue weighted by Crippen LogP contribution is -2.54. The van der Waals surface area contributed by atoms with Gasteiger partial charge in [-0.25, -0.2) is 9.69 Å². The van der Waals surface area contributed by atoms with Crippen LogP contribution >= 0.6 is 0 Å². The highest BCUT2D eigenvalue weighted by atomic mass is 16.6. The van der Waals surface area contributed by atoms with Gasteiger partial charge >= 0.3 is 6.03 Å². The monoisotopic (exact) mass is 488 g/mol. The van der Waals surface area contributed by atoms with Gasteiger partial charge in [0.15, 0.2) is 0 Å². The predicted octanol–water partition coefficient (Wildman–Crippen LogP) is 3.75. The number of urea groups is 1. The number of carbonyl (C=O) groups excluding carboxylic acids is 3. The van der Waals surface area contributed by atoms with E-state index in [0.29, 0.717) is 16.2 Å². The molecule has 3 aromatic carbocycles. The molecule has 1 aliphatic heterocycles. The first-order chi connectivity index (χ1) is 17.2. The van der Waals surface area contributed by atoms with E-state index in [-0.39, 0.29) is 29.2 Å². The van der Waals surface area contributed by atoms with Gasteiger partial charge in [-0.3, -0.25) is 35.1 Å². The highest BCUT2D eigenvalue weighted by Crippen LogP contribution is 2.26. The number of carbonyl (C=O) groups is 3. The van der Waals surface area contributed by atoms with E-state index in [2.05, 4.69) is 5.32 Å². The largest absolute Gasteiger partial charge is 0.489 e. The summed E-state index contributed by atoms with van der Waals surface area (Å²) in [4.78, 5) is 58.9. The number of nitrogens with zero attached hydrogens (tertiary/aromatic N) is 3. The molecule has 1 fully saturated rings. The van der Waals surface area contributed by atoms with E-state index in [1.807, 2.05) is 0 Å². The van der Waals surface area contributed by atoms with Crippen molar-refractivity contribution in [3.05, 3.63) is 110 Å². The molecule has 3 aromatic rings. The van der Waals surface area contributed by atoms with E-state index in [4.69, 9.17) is 4.74 Å². The van der Waals surface area contributed by atoms with Gasteiger partial charge < -0.3 is 4.74 Å². The van der Waals surface area contributed by atoms with Crippen molar-refractivity contribution in [2.24, 2.45) is 0 Å². The predicted molar refractivity (Wildman–Crippen MR) is 126 cm³/mol. The van der Waals surface area contributed by atoms with Gasteiger partial charge in [0.05, 0.1) is 15.5 Å². The van der Waals surface area contributed by atoms with Crippen molar-refractivity contribution in [2.45, 2.75) is 6.61 Å². The van der Waals surface area contributed by atoms with Crippen LogP contribution in [0.1, 0.15) is 11.1 Å². The first-order valence-electron chi connectivity index (χ1n) is 10.3. The van der Waals surface area contributed by atoms with Crippen LogP contribution in [-0.4, -0.2) is 27.7 Å². The van der Waals surface area contributed by atoms with E-state index in [1.165, 1.54) is 36.4 Å². The molecule has 1 N–H and O–H groups in total. The Bertz CT molecular complexity index is 1410. The molecule has 0 aliphatic carbocycles. The van der Waals surface area contributed by atoms with Crippen LogP contribution in [0.25, 0.3) is 6.08 Å². The summed E-state index contributed by atoms with van der Waals surface area (Å²) in [5.41, 5.74) is 0.454. The average Bonchev–Trinajstić information content (AvgIpc) is 2.86. The third kappa shape index (κ3) is 5.07. The number of amides is 4. The van der Waals surface area contributed by atoms with Crippen molar-refractivity contribution in [2.75, 3.05) is 4.90 Å². The van der Waals surface area contributed by atoms with E-state index in [9.17, 15) is 34.6 Å². The summed E-state index contributed by atoms with van der Waals surface area (Å²) in [6, 6.07) is 16.2. The molecule has 0 spiro atoms. The summed E-state index contributed by atoms with van der Waals surface area (Å²) in [5.74, 6) is -1.35. The molecule has 1 aliphatic rings. The summed E-state index contributed by atoms with van der Waals surface area (Å²) in [6.07, 6.45) is 1.29. The Balaban J connectivity index is 1.50. The van der Waals surface area contributed by atoms with Gasteiger partial charge in [0, 0.05) is 24.3 Å². The number of non-ortho nitro benzene ring substituents is 2. The normalized spacial score (nSPS) is 14.5. The Hall–Kier alpha value is -5.39. The van der Waals surface area contributed by atoms with E-state index in [0.717, 1.165) is 11.6 Å². The Morgan fingerprint density at radius 2 is 1.53 bits per heavy atom. The highest BCUT2D eigenvalue weighted by Gasteiger charge is 2.37. The van der Waals surface area contributed by atoms with Gasteiger partial charge in [-0.05, 0) is 47.5 Å². The molecular formula is C24H16N4O8. The maximum atomic E-state index is 13.0.